The minimum Gasteiger partial charge on any atom is -0.497 e. The number of fused-ring (bicyclic) bond motifs is 1. The molecule has 1 fully saturated rings. The SMILES string of the molecule is COCCN=C1Nc2ccccc2CNC12CCN(S(=O)(=O)c1ccc(OC)cc1)C2. The van der Waals surface area contributed by atoms with Gasteiger partial charge < -0.3 is 14.8 Å². The van der Waals surface area contributed by atoms with Crippen LogP contribution in [0.1, 0.15) is 12.0 Å². The van der Waals surface area contributed by atoms with Crippen LogP contribution in [0, 0.1) is 0 Å². The lowest BCUT2D eigenvalue weighted by molar-refractivity contribution is 0.207. The minimum absolute atomic E-state index is 0.257. The number of ether oxygens (including phenoxy) is 2. The van der Waals surface area contributed by atoms with E-state index in [-0.39, 0.29) is 4.90 Å². The van der Waals surface area contributed by atoms with Crippen molar-refractivity contribution in [1.29, 1.82) is 0 Å². The topological polar surface area (TPSA) is 92.3 Å². The van der Waals surface area contributed by atoms with Crippen molar-refractivity contribution in [3.63, 3.8) is 0 Å². The van der Waals surface area contributed by atoms with E-state index in [0.717, 1.165) is 17.1 Å². The van der Waals surface area contributed by atoms with E-state index in [0.29, 0.717) is 45.0 Å². The first kappa shape index (κ1) is 21.8. The number of rotatable bonds is 6. The van der Waals surface area contributed by atoms with Crippen LogP contribution < -0.4 is 15.4 Å². The van der Waals surface area contributed by atoms with Gasteiger partial charge in [0.05, 0.1) is 30.7 Å². The summed E-state index contributed by atoms with van der Waals surface area (Å²) in [6, 6.07) is 14.5. The summed E-state index contributed by atoms with van der Waals surface area (Å²) >= 11 is 0. The highest BCUT2D eigenvalue weighted by Crippen LogP contribution is 2.32. The Hall–Kier alpha value is -2.46. The van der Waals surface area contributed by atoms with Crippen LogP contribution in [0.5, 0.6) is 5.75 Å². The molecule has 0 bridgehead atoms. The van der Waals surface area contributed by atoms with Gasteiger partial charge in [-0.25, -0.2) is 8.42 Å². The molecule has 4 rings (SSSR count). The monoisotopic (exact) mass is 444 g/mol. The van der Waals surface area contributed by atoms with Crippen molar-refractivity contribution in [3.8, 4) is 5.75 Å². The highest BCUT2D eigenvalue weighted by atomic mass is 32.2. The average molecular weight is 445 g/mol. The molecule has 1 spiro atoms. The van der Waals surface area contributed by atoms with Gasteiger partial charge in [0.25, 0.3) is 0 Å². The highest BCUT2D eigenvalue weighted by Gasteiger charge is 2.47. The fourth-order valence-corrected chi connectivity index (χ4v) is 5.55. The van der Waals surface area contributed by atoms with Crippen LogP contribution in [0.25, 0.3) is 0 Å². The number of sulfonamides is 1. The van der Waals surface area contributed by atoms with Gasteiger partial charge >= 0.3 is 0 Å². The third-order valence-corrected chi connectivity index (χ3v) is 7.70. The molecular weight excluding hydrogens is 416 g/mol. The zero-order valence-corrected chi connectivity index (χ0v) is 18.6. The maximum atomic E-state index is 13.3. The van der Waals surface area contributed by atoms with Crippen LogP contribution in [0.3, 0.4) is 0 Å². The summed E-state index contributed by atoms with van der Waals surface area (Å²) in [5.41, 5.74) is 1.52. The standard InChI is InChI=1S/C22H28N4O4S/c1-29-14-12-23-21-22(24-15-17-5-3-4-6-20(17)25-21)11-13-26(16-22)31(27,28)19-9-7-18(30-2)8-10-19/h3-10,24H,11-16H2,1-2H3,(H,23,25). The van der Waals surface area contributed by atoms with Gasteiger partial charge in [0.2, 0.25) is 10.0 Å². The zero-order valence-electron chi connectivity index (χ0n) is 17.8. The molecule has 2 aliphatic rings. The van der Waals surface area contributed by atoms with Crippen LogP contribution in [0.4, 0.5) is 5.69 Å². The summed E-state index contributed by atoms with van der Waals surface area (Å²) in [4.78, 5) is 5.02. The molecule has 0 radical (unpaired) electrons. The van der Waals surface area contributed by atoms with Crippen molar-refractivity contribution in [2.45, 2.75) is 23.4 Å². The van der Waals surface area contributed by atoms with Gasteiger partial charge in [-0.05, 0) is 42.3 Å². The predicted molar refractivity (Wildman–Crippen MR) is 120 cm³/mol. The van der Waals surface area contributed by atoms with Crippen molar-refractivity contribution < 1.29 is 17.9 Å². The third kappa shape index (κ3) is 4.31. The molecule has 2 aliphatic heterocycles. The van der Waals surface area contributed by atoms with E-state index in [4.69, 9.17) is 14.5 Å². The summed E-state index contributed by atoms with van der Waals surface area (Å²) < 4.78 is 38.5. The van der Waals surface area contributed by atoms with E-state index in [1.807, 2.05) is 18.2 Å². The maximum Gasteiger partial charge on any atom is 0.243 e. The molecule has 0 amide bonds. The van der Waals surface area contributed by atoms with Gasteiger partial charge in [-0.3, -0.25) is 10.3 Å². The van der Waals surface area contributed by atoms with Crippen LogP contribution in [0.2, 0.25) is 0 Å². The van der Waals surface area contributed by atoms with E-state index in [1.54, 1.807) is 38.5 Å². The smallest absolute Gasteiger partial charge is 0.243 e. The molecule has 2 aromatic carbocycles. The van der Waals surface area contributed by atoms with Crippen molar-refractivity contribution in [3.05, 3.63) is 54.1 Å². The second-order valence-electron chi connectivity index (χ2n) is 7.71. The Morgan fingerprint density at radius 1 is 1.13 bits per heavy atom. The van der Waals surface area contributed by atoms with Crippen molar-refractivity contribution in [2.75, 3.05) is 45.8 Å². The highest BCUT2D eigenvalue weighted by molar-refractivity contribution is 7.89. The Morgan fingerprint density at radius 2 is 1.90 bits per heavy atom. The first-order valence-corrected chi connectivity index (χ1v) is 11.7. The minimum atomic E-state index is -3.64. The van der Waals surface area contributed by atoms with Crippen LogP contribution in [0.15, 0.2) is 58.4 Å². The fraction of sp³-hybridized carbons (Fsp3) is 0.409. The number of benzene rings is 2. The molecule has 1 unspecified atom stereocenters. The number of nitrogens with one attached hydrogen (secondary N) is 2. The fourth-order valence-electron chi connectivity index (χ4n) is 4.05. The molecule has 31 heavy (non-hydrogen) atoms. The molecule has 2 heterocycles. The lowest BCUT2D eigenvalue weighted by Crippen LogP contribution is -2.55. The number of aliphatic imine (C=N–C) groups is 1. The molecule has 0 aromatic heterocycles. The van der Waals surface area contributed by atoms with E-state index >= 15 is 0 Å². The Labute approximate surface area is 183 Å². The van der Waals surface area contributed by atoms with Gasteiger partial charge in [0, 0.05) is 32.4 Å². The third-order valence-electron chi connectivity index (χ3n) is 5.84. The predicted octanol–water partition coefficient (Wildman–Crippen LogP) is 2.09. The van der Waals surface area contributed by atoms with E-state index in [1.165, 1.54) is 4.31 Å². The van der Waals surface area contributed by atoms with E-state index in [9.17, 15) is 8.42 Å². The maximum absolute atomic E-state index is 13.3. The Morgan fingerprint density at radius 3 is 2.65 bits per heavy atom. The summed E-state index contributed by atoms with van der Waals surface area (Å²) in [5.74, 6) is 1.37. The summed E-state index contributed by atoms with van der Waals surface area (Å²) in [6.45, 7) is 2.33. The molecule has 166 valence electrons. The molecule has 9 heteroatoms. The first-order valence-electron chi connectivity index (χ1n) is 10.3. The second-order valence-corrected chi connectivity index (χ2v) is 9.64. The molecule has 0 aliphatic carbocycles. The molecular formula is C22H28N4O4S. The van der Waals surface area contributed by atoms with Gasteiger partial charge in [0.15, 0.2) is 0 Å². The normalized spacial score (nSPS) is 22.8. The number of methoxy groups -OCH3 is 2. The van der Waals surface area contributed by atoms with Crippen LogP contribution in [-0.2, 0) is 21.3 Å². The lowest BCUT2D eigenvalue weighted by Gasteiger charge is -2.30. The van der Waals surface area contributed by atoms with Gasteiger partial charge in [0.1, 0.15) is 11.6 Å². The quantitative estimate of drug-likeness (QED) is 0.663. The number of hydrogen-bond acceptors (Lipinski definition) is 6. The van der Waals surface area contributed by atoms with Crippen molar-refractivity contribution >= 4 is 21.5 Å². The van der Waals surface area contributed by atoms with E-state index in [2.05, 4.69) is 16.7 Å². The largest absolute Gasteiger partial charge is 0.497 e. The van der Waals surface area contributed by atoms with Gasteiger partial charge in [-0.2, -0.15) is 4.31 Å². The molecule has 8 nitrogen and oxygen atoms in total. The molecule has 1 saturated heterocycles. The molecule has 2 N–H and O–H groups in total. The zero-order chi connectivity index (χ0) is 21.9. The summed E-state index contributed by atoms with van der Waals surface area (Å²) in [5, 5.41) is 7.07. The first-order chi connectivity index (χ1) is 15.0. The van der Waals surface area contributed by atoms with Crippen molar-refractivity contribution in [2.24, 2.45) is 4.99 Å². The summed E-state index contributed by atoms with van der Waals surface area (Å²) in [6.07, 6.45) is 0.620. The molecule has 1 atom stereocenters. The number of hydrogen-bond donors (Lipinski definition) is 2. The Kier molecular flexibility index (Phi) is 6.29. The van der Waals surface area contributed by atoms with Gasteiger partial charge in [-0.1, -0.05) is 18.2 Å². The number of nitrogens with zero attached hydrogens (tertiary/aromatic N) is 2. The number of anilines is 1. The molecule has 2 aromatic rings. The molecule has 0 saturated carbocycles. The van der Waals surface area contributed by atoms with Crippen LogP contribution in [-0.4, -0.2) is 64.6 Å². The summed E-state index contributed by atoms with van der Waals surface area (Å²) in [7, 11) is -0.439. The van der Waals surface area contributed by atoms with Crippen LogP contribution >= 0.6 is 0 Å². The second kappa shape index (κ2) is 8.96. The Balaban J connectivity index is 1.63. The van der Waals surface area contributed by atoms with Gasteiger partial charge in [-0.15, -0.1) is 0 Å². The van der Waals surface area contributed by atoms with E-state index < -0.39 is 15.6 Å². The average Bonchev–Trinajstić information content (AvgIpc) is 3.18. The Bertz CT molecular complexity index is 1060. The number of para-hydroxylation sites is 1. The lowest BCUT2D eigenvalue weighted by atomic mass is 9.97. The number of amidine groups is 1. The van der Waals surface area contributed by atoms with Crippen molar-refractivity contribution in [1.82, 2.24) is 9.62 Å².